The molecule has 0 spiro atoms. The van der Waals surface area contributed by atoms with Crippen LogP contribution in [-0.4, -0.2) is 30.1 Å². The third-order valence-corrected chi connectivity index (χ3v) is 5.10. The number of nitrogens with one attached hydrogen (secondary N) is 2. The Morgan fingerprint density at radius 2 is 1.58 bits per heavy atom. The van der Waals surface area contributed by atoms with Crippen molar-refractivity contribution in [1.29, 1.82) is 0 Å². The summed E-state index contributed by atoms with van der Waals surface area (Å²) in [5.41, 5.74) is 0.881. The molecule has 26 heavy (non-hydrogen) atoms. The number of aromatic nitrogens is 3. The highest BCUT2D eigenvalue weighted by Crippen LogP contribution is 2.10. The van der Waals surface area contributed by atoms with E-state index in [0.29, 0.717) is 24.5 Å². The molecule has 1 heterocycles. The van der Waals surface area contributed by atoms with Crippen LogP contribution in [0.1, 0.15) is 17.2 Å². The van der Waals surface area contributed by atoms with Crippen LogP contribution < -0.4 is 4.72 Å². The van der Waals surface area contributed by atoms with Crippen molar-refractivity contribution in [2.75, 3.05) is 6.54 Å². The predicted molar refractivity (Wildman–Crippen MR) is 90.9 cm³/mol. The van der Waals surface area contributed by atoms with Crippen LogP contribution in [0.3, 0.4) is 0 Å². The Balaban J connectivity index is 1.54. The summed E-state index contributed by atoms with van der Waals surface area (Å²) in [6, 6.07) is 10.6. The number of H-pyrrole nitrogens is 1. The van der Waals surface area contributed by atoms with Gasteiger partial charge in [-0.05, 0) is 42.0 Å². The minimum absolute atomic E-state index is 0.00844. The molecule has 9 heteroatoms. The van der Waals surface area contributed by atoms with E-state index in [2.05, 4.69) is 19.9 Å². The van der Waals surface area contributed by atoms with Crippen molar-refractivity contribution < 1.29 is 17.2 Å². The highest BCUT2D eigenvalue weighted by atomic mass is 32.2. The molecule has 0 unspecified atom stereocenters. The molecule has 0 aliphatic heterocycles. The maximum Gasteiger partial charge on any atom is 0.240 e. The summed E-state index contributed by atoms with van der Waals surface area (Å²) in [4.78, 5) is 4.28. The fourth-order valence-corrected chi connectivity index (χ4v) is 3.35. The van der Waals surface area contributed by atoms with Crippen molar-refractivity contribution in [1.82, 2.24) is 19.9 Å². The summed E-state index contributed by atoms with van der Waals surface area (Å²) in [6.45, 7) is 0.105. The van der Waals surface area contributed by atoms with E-state index in [0.717, 1.165) is 17.7 Å². The van der Waals surface area contributed by atoms with E-state index in [4.69, 9.17) is 0 Å². The molecule has 0 radical (unpaired) electrons. The molecule has 3 aromatic rings. The van der Waals surface area contributed by atoms with Crippen LogP contribution in [0.15, 0.2) is 53.4 Å². The maximum absolute atomic E-state index is 12.9. The fraction of sp³-hybridized carbons (Fsp3) is 0.176. The van der Waals surface area contributed by atoms with Gasteiger partial charge in [0, 0.05) is 19.4 Å². The van der Waals surface area contributed by atoms with Crippen molar-refractivity contribution in [2.24, 2.45) is 0 Å². The van der Waals surface area contributed by atoms with Gasteiger partial charge in [-0.2, -0.15) is 5.10 Å². The molecule has 1 aromatic heterocycles. The number of hydrogen-bond acceptors (Lipinski definition) is 4. The van der Waals surface area contributed by atoms with Gasteiger partial charge in [-0.1, -0.05) is 12.1 Å². The second-order valence-corrected chi connectivity index (χ2v) is 7.37. The van der Waals surface area contributed by atoms with Gasteiger partial charge in [-0.15, -0.1) is 0 Å². The molecular weight excluding hydrogens is 362 g/mol. The summed E-state index contributed by atoms with van der Waals surface area (Å²) in [5.74, 6) is 0.260. The second kappa shape index (κ2) is 7.71. The lowest BCUT2D eigenvalue weighted by atomic mass is 10.1. The first-order valence-electron chi connectivity index (χ1n) is 7.82. The lowest BCUT2D eigenvalue weighted by Gasteiger charge is -2.05. The van der Waals surface area contributed by atoms with Gasteiger partial charge in [0.2, 0.25) is 10.0 Å². The molecule has 3 rings (SSSR count). The van der Waals surface area contributed by atoms with E-state index in [1.165, 1.54) is 24.3 Å². The highest BCUT2D eigenvalue weighted by Gasteiger charge is 2.14. The smallest absolute Gasteiger partial charge is 0.240 e. The largest absolute Gasteiger partial charge is 0.263 e. The molecule has 0 saturated heterocycles. The second-order valence-electron chi connectivity index (χ2n) is 5.60. The fourth-order valence-electron chi connectivity index (χ4n) is 2.32. The van der Waals surface area contributed by atoms with Crippen molar-refractivity contribution >= 4 is 10.0 Å². The monoisotopic (exact) mass is 378 g/mol. The molecule has 6 nitrogen and oxygen atoms in total. The molecule has 0 atom stereocenters. The minimum atomic E-state index is -3.71. The number of hydrogen-bond donors (Lipinski definition) is 2. The highest BCUT2D eigenvalue weighted by molar-refractivity contribution is 7.89. The SMILES string of the molecule is O=S(=O)(NCCc1n[nH]c(Cc2ccc(F)cc2)n1)c1ccc(F)cc1. The first-order valence-corrected chi connectivity index (χ1v) is 9.30. The zero-order chi connectivity index (χ0) is 18.6. The van der Waals surface area contributed by atoms with Gasteiger partial charge < -0.3 is 0 Å². The molecule has 2 aromatic carbocycles. The van der Waals surface area contributed by atoms with E-state index in [-0.39, 0.29) is 17.3 Å². The minimum Gasteiger partial charge on any atom is -0.263 e. The van der Waals surface area contributed by atoms with E-state index in [1.54, 1.807) is 12.1 Å². The van der Waals surface area contributed by atoms with Crippen molar-refractivity contribution in [3.05, 3.63) is 77.4 Å². The zero-order valence-corrected chi connectivity index (χ0v) is 14.4. The summed E-state index contributed by atoms with van der Waals surface area (Å²) < 4.78 is 52.4. The molecular formula is C17H16F2N4O2S. The van der Waals surface area contributed by atoms with Gasteiger partial charge in [-0.25, -0.2) is 26.9 Å². The van der Waals surface area contributed by atoms with E-state index in [1.807, 2.05) is 0 Å². The first kappa shape index (κ1) is 18.2. The first-order chi connectivity index (χ1) is 12.4. The average Bonchev–Trinajstić information content (AvgIpc) is 3.04. The van der Waals surface area contributed by atoms with Crippen LogP contribution in [0, 0.1) is 11.6 Å². The Bertz CT molecular complexity index is 971. The van der Waals surface area contributed by atoms with Gasteiger partial charge in [0.1, 0.15) is 17.5 Å². The predicted octanol–water partition coefficient (Wildman–Crippen LogP) is 2.19. The molecule has 0 aliphatic rings. The molecule has 0 saturated carbocycles. The number of nitrogens with zero attached hydrogens (tertiary/aromatic N) is 2. The molecule has 2 N–H and O–H groups in total. The quantitative estimate of drug-likeness (QED) is 0.660. The zero-order valence-electron chi connectivity index (χ0n) is 13.6. The summed E-state index contributed by atoms with van der Waals surface area (Å²) in [5, 5.41) is 6.82. The lowest BCUT2D eigenvalue weighted by molar-refractivity contribution is 0.580. The normalized spacial score (nSPS) is 11.6. The van der Waals surface area contributed by atoms with Crippen LogP contribution in [0.5, 0.6) is 0 Å². The van der Waals surface area contributed by atoms with Crippen LogP contribution in [0.2, 0.25) is 0 Å². The van der Waals surface area contributed by atoms with Gasteiger partial charge in [-0.3, -0.25) is 5.10 Å². The van der Waals surface area contributed by atoms with E-state index < -0.39 is 15.8 Å². The molecule has 0 amide bonds. The number of sulfonamides is 1. The number of aromatic amines is 1. The van der Waals surface area contributed by atoms with Gasteiger partial charge in [0.15, 0.2) is 5.82 Å². The van der Waals surface area contributed by atoms with E-state index in [9.17, 15) is 17.2 Å². The Morgan fingerprint density at radius 3 is 2.23 bits per heavy atom. The molecule has 0 bridgehead atoms. The molecule has 136 valence electrons. The Kier molecular flexibility index (Phi) is 5.38. The van der Waals surface area contributed by atoms with Gasteiger partial charge in [0.05, 0.1) is 4.90 Å². The van der Waals surface area contributed by atoms with Gasteiger partial charge in [0.25, 0.3) is 0 Å². The summed E-state index contributed by atoms with van der Waals surface area (Å²) in [7, 11) is -3.71. The molecule has 0 fully saturated rings. The van der Waals surface area contributed by atoms with Crippen LogP contribution >= 0.6 is 0 Å². The average molecular weight is 378 g/mol. The van der Waals surface area contributed by atoms with Gasteiger partial charge >= 0.3 is 0 Å². The number of benzene rings is 2. The lowest BCUT2D eigenvalue weighted by Crippen LogP contribution is -2.26. The van der Waals surface area contributed by atoms with Crippen molar-refractivity contribution in [3.63, 3.8) is 0 Å². The summed E-state index contributed by atoms with van der Waals surface area (Å²) in [6.07, 6.45) is 0.759. The van der Waals surface area contributed by atoms with Crippen LogP contribution in [0.4, 0.5) is 8.78 Å². The van der Waals surface area contributed by atoms with Crippen LogP contribution in [0.25, 0.3) is 0 Å². The third-order valence-electron chi connectivity index (χ3n) is 3.63. The Hall–Kier alpha value is -2.65. The Labute approximate surface area is 149 Å². The van der Waals surface area contributed by atoms with E-state index >= 15 is 0 Å². The molecule has 0 aliphatic carbocycles. The topological polar surface area (TPSA) is 87.7 Å². The Morgan fingerprint density at radius 1 is 0.962 bits per heavy atom. The standard InChI is InChI=1S/C17H16F2N4O2S/c18-13-3-1-12(2-4-13)11-17-21-16(22-23-17)9-10-20-26(24,25)15-7-5-14(19)6-8-15/h1-8,20H,9-11H2,(H,21,22,23). The van der Waals surface area contributed by atoms with Crippen molar-refractivity contribution in [2.45, 2.75) is 17.7 Å². The van der Waals surface area contributed by atoms with Crippen molar-refractivity contribution in [3.8, 4) is 0 Å². The maximum atomic E-state index is 12.9. The van der Waals surface area contributed by atoms with Crippen LogP contribution in [-0.2, 0) is 22.9 Å². The third kappa shape index (κ3) is 4.70. The number of rotatable bonds is 7. The summed E-state index contributed by atoms with van der Waals surface area (Å²) >= 11 is 0. The number of halogens is 2.